The number of guanidine groups is 2. The first-order valence-electron chi connectivity index (χ1n) is 18.8. The second-order valence-electron chi connectivity index (χ2n) is 13.2. The van der Waals surface area contributed by atoms with E-state index in [-0.39, 0.29) is 106 Å². The summed E-state index contributed by atoms with van der Waals surface area (Å²) in [6, 6.07) is 7.67. The number of unbranched alkanes of at least 4 members (excludes halogenated alkanes) is 2. The van der Waals surface area contributed by atoms with Crippen LogP contribution < -0.4 is 55.7 Å². The summed E-state index contributed by atoms with van der Waals surface area (Å²) >= 11 is 2.00. The summed E-state index contributed by atoms with van der Waals surface area (Å²) in [6.45, 7) is 0.703. The molecular formula is C38H48F6N12O4S2. The van der Waals surface area contributed by atoms with Gasteiger partial charge in [-0.2, -0.15) is 26.3 Å². The molecule has 16 N–H and O–H groups in total. The number of thioether (sulfide) groups is 2. The van der Waals surface area contributed by atoms with Gasteiger partial charge in [0.05, 0.1) is 43.7 Å². The van der Waals surface area contributed by atoms with E-state index in [4.69, 9.17) is 34.4 Å². The lowest BCUT2D eigenvalue weighted by Gasteiger charge is -2.20. The number of nitrogens with one attached hydrogen (secondary N) is 4. The fraction of sp³-hybridized carbons (Fsp3) is 0.368. The Kier molecular flexibility index (Phi) is 19.6. The van der Waals surface area contributed by atoms with Crippen molar-refractivity contribution in [1.82, 2.24) is 0 Å². The summed E-state index contributed by atoms with van der Waals surface area (Å²) < 4.78 is 84.5. The molecule has 0 saturated heterocycles. The van der Waals surface area contributed by atoms with E-state index in [2.05, 4.69) is 31.3 Å². The maximum Gasteiger partial charge on any atom is 0.416 e. The molecule has 16 nitrogen and oxygen atoms in total. The van der Waals surface area contributed by atoms with Crippen molar-refractivity contribution < 1.29 is 45.5 Å². The topological polar surface area (TPSA) is 297 Å². The molecule has 4 amide bonds. The minimum Gasteiger partial charge on any atom is -0.370 e. The zero-order valence-electron chi connectivity index (χ0n) is 33.2. The van der Waals surface area contributed by atoms with Crippen molar-refractivity contribution in [2.45, 2.75) is 60.7 Å². The van der Waals surface area contributed by atoms with E-state index in [1.54, 1.807) is 0 Å². The summed E-state index contributed by atoms with van der Waals surface area (Å²) in [7, 11) is 0. The normalized spacial score (nSPS) is 11.4. The van der Waals surface area contributed by atoms with E-state index in [1.807, 2.05) is 0 Å². The van der Waals surface area contributed by atoms with Crippen molar-refractivity contribution >= 4 is 81.8 Å². The molecule has 0 saturated carbocycles. The quantitative estimate of drug-likeness (QED) is 0.0207. The van der Waals surface area contributed by atoms with Crippen molar-refractivity contribution in [3.05, 3.63) is 70.8 Å². The summed E-state index contributed by atoms with van der Waals surface area (Å²) in [5, 5.41) is 9.90. The van der Waals surface area contributed by atoms with Crippen LogP contribution in [0.2, 0.25) is 0 Å². The molecule has 0 spiro atoms. The Morgan fingerprint density at radius 1 is 0.532 bits per heavy atom. The zero-order chi connectivity index (χ0) is 46.0. The van der Waals surface area contributed by atoms with Gasteiger partial charge in [-0.3, -0.25) is 29.2 Å². The number of nitrogens with two attached hydrogens (primary N) is 6. The van der Waals surface area contributed by atoms with E-state index in [1.165, 1.54) is 24.3 Å². The fourth-order valence-corrected chi connectivity index (χ4v) is 7.09. The molecule has 24 heteroatoms. The van der Waals surface area contributed by atoms with Crippen LogP contribution in [-0.2, 0) is 21.9 Å². The Balaban J connectivity index is 1.89. The van der Waals surface area contributed by atoms with Crippen molar-refractivity contribution in [1.29, 1.82) is 0 Å². The number of halogens is 6. The van der Waals surface area contributed by atoms with Gasteiger partial charge in [-0.15, -0.1) is 23.5 Å². The molecule has 3 aromatic rings. The predicted molar refractivity (Wildman–Crippen MR) is 231 cm³/mol. The minimum absolute atomic E-state index is 0.0676. The molecule has 338 valence electrons. The SMILES string of the molecule is NCCSc1c(NC(=O)CCCCN=C(N)N)cc(C(F)(F)F)cc1NC(=O)c1ccc(C(=O)Nc2cc(C(F)(F)F)cc(NC(=O)CCCCN=C(N)N)c2SCCN)cc1. The fourth-order valence-electron chi connectivity index (χ4n) is 5.39. The van der Waals surface area contributed by atoms with E-state index < -0.39 is 47.1 Å². The van der Waals surface area contributed by atoms with Gasteiger partial charge in [-0.05, 0) is 74.2 Å². The monoisotopic (exact) mass is 914 g/mol. The molecule has 0 unspecified atom stereocenters. The predicted octanol–water partition coefficient (Wildman–Crippen LogP) is 5.09. The number of rotatable bonds is 22. The molecule has 62 heavy (non-hydrogen) atoms. The Hall–Kier alpha value is -5.72. The first-order chi connectivity index (χ1) is 29.2. The molecule has 0 aliphatic heterocycles. The van der Waals surface area contributed by atoms with Gasteiger partial charge in [0.1, 0.15) is 0 Å². The van der Waals surface area contributed by atoms with Crippen molar-refractivity contribution in [2.24, 2.45) is 44.4 Å². The number of hydrogen-bond donors (Lipinski definition) is 10. The largest absolute Gasteiger partial charge is 0.416 e. The highest BCUT2D eigenvalue weighted by atomic mass is 32.2. The van der Waals surface area contributed by atoms with Crippen LogP contribution in [0.15, 0.2) is 68.3 Å². The highest BCUT2D eigenvalue weighted by Crippen LogP contribution is 2.43. The Morgan fingerprint density at radius 2 is 0.855 bits per heavy atom. The Labute approximate surface area is 361 Å². The summed E-state index contributed by atoms with van der Waals surface area (Å²) in [5.74, 6) is -2.82. The third kappa shape index (κ3) is 16.6. The van der Waals surface area contributed by atoms with Crippen LogP contribution in [-0.4, -0.2) is 73.2 Å². The van der Waals surface area contributed by atoms with Crippen LogP contribution in [0.25, 0.3) is 0 Å². The summed E-state index contributed by atoms with van der Waals surface area (Å²) in [4.78, 5) is 60.4. The highest BCUT2D eigenvalue weighted by Gasteiger charge is 2.34. The van der Waals surface area contributed by atoms with Crippen molar-refractivity contribution in [3.63, 3.8) is 0 Å². The molecule has 0 atom stereocenters. The number of amides is 4. The standard InChI is InChI=1S/C38H48F6N12O4S2/c39-37(40,41)23-17-25(53-29(57)5-1-3-13-51-35(47)48)31(61-15-11-45)27(19-23)55-33(59)21-7-9-22(10-8-21)34(60)56-28-20-24(38(42,43)44)18-26(32(28)62-16-12-46)54-30(58)6-2-4-14-52-36(49)50/h7-10,17-20H,1-6,11-16,45-46H2,(H,53,57)(H,54,58)(H,55,59)(H,56,60)(H4,47,48,51)(H4,49,50,52). The molecule has 0 radical (unpaired) electrons. The van der Waals surface area contributed by atoms with Crippen LogP contribution in [0.4, 0.5) is 49.1 Å². The molecule has 0 aliphatic carbocycles. The number of alkyl halides is 6. The molecule has 0 fully saturated rings. The van der Waals surface area contributed by atoms with Crippen LogP contribution in [0.1, 0.15) is 70.4 Å². The van der Waals surface area contributed by atoms with Crippen LogP contribution >= 0.6 is 23.5 Å². The molecule has 0 bridgehead atoms. The number of anilines is 4. The second-order valence-corrected chi connectivity index (χ2v) is 15.4. The zero-order valence-corrected chi connectivity index (χ0v) is 34.8. The maximum atomic E-state index is 14.1. The number of nitrogens with zero attached hydrogens (tertiary/aromatic N) is 2. The van der Waals surface area contributed by atoms with E-state index in [0.717, 1.165) is 35.7 Å². The van der Waals surface area contributed by atoms with Crippen LogP contribution in [0, 0.1) is 0 Å². The smallest absolute Gasteiger partial charge is 0.370 e. The van der Waals surface area contributed by atoms with Gasteiger partial charge in [0.2, 0.25) is 11.8 Å². The average molecular weight is 915 g/mol. The molecule has 3 rings (SSSR count). The number of benzene rings is 3. The molecule has 0 aliphatic rings. The molecule has 0 heterocycles. The second kappa shape index (κ2) is 24.1. The third-order valence-corrected chi connectivity index (χ3v) is 10.6. The van der Waals surface area contributed by atoms with E-state index in [9.17, 15) is 45.5 Å². The van der Waals surface area contributed by atoms with Gasteiger partial charge in [0, 0.05) is 61.7 Å². The van der Waals surface area contributed by atoms with Crippen LogP contribution in [0.3, 0.4) is 0 Å². The summed E-state index contributed by atoms with van der Waals surface area (Å²) in [6.07, 6.45) is -8.40. The van der Waals surface area contributed by atoms with Gasteiger partial charge in [0.25, 0.3) is 11.8 Å². The van der Waals surface area contributed by atoms with Gasteiger partial charge in [0.15, 0.2) is 11.9 Å². The van der Waals surface area contributed by atoms with E-state index in [0.29, 0.717) is 37.8 Å². The average Bonchev–Trinajstić information content (AvgIpc) is 3.18. The van der Waals surface area contributed by atoms with Gasteiger partial charge < -0.3 is 55.7 Å². The third-order valence-electron chi connectivity index (χ3n) is 8.23. The number of carbonyl (C=O) groups is 4. The lowest BCUT2D eigenvalue weighted by Crippen LogP contribution is -2.23. The summed E-state index contributed by atoms with van der Waals surface area (Å²) in [5.41, 5.74) is 29.0. The molecule has 3 aromatic carbocycles. The molecular weight excluding hydrogens is 867 g/mol. The van der Waals surface area contributed by atoms with Gasteiger partial charge in [-0.25, -0.2) is 0 Å². The highest BCUT2D eigenvalue weighted by molar-refractivity contribution is 7.99. The van der Waals surface area contributed by atoms with Crippen molar-refractivity contribution in [2.75, 3.05) is 59.0 Å². The first-order valence-corrected chi connectivity index (χ1v) is 20.8. The Bertz CT molecular complexity index is 1950. The molecule has 0 aromatic heterocycles. The maximum absolute atomic E-state index is 14.1. The first kappa shape index (κ1) is 50.6. The number of hydrogen-bond acceptors (Lipinski definition) is 10. The van der Waals surface area contributed by atoms with Gasteiger partial charge >= 0.3 is 12.4 Å². The number of carbonyl (C=O) groups excluding carboxylic acids is 4. The van der Waals surface area contributed by atoms with Crippen molar-refractivity contribution in [3.8, 4) is 0 Å². The lowest BCUT2D eigenvalue weighted by atomic mass is 10.1. The minimum atomic E-state index is -4.88. The number of aliphatic imine (C=N–C) groups is 2. The van der Waals surface area contributed by atoms with Crippen LogP contribution in [0.5, 0.6) is 0 Å². The van der Waals surface area contributed by atoms with E-state index >= 15 is 0 Å². The lowest BCUT2D eigenvalue weighted by molar-refractivity contribution is -0.138. The van der Waals surface area contributed by atoms with Gasteiger partial charge in [-0.1, -0.05) is 0 Å². The Morgan fingerprint density at radius 3 is 1.15 bits per heavy atom.